The van der Waals surface area contributed by atoms with Gasteiger partial charge in [0.25, 0.3) is 5.91 Å². The highest BCUT2D eigenvalue weighted by molar-refractivity contribution is 6.29. The van der Waals surface area contributed by atoms with E-state index in [1.165, 1.54) is 19.3 Å². The number of nitrogens with one attached hydrogen (secondary N) is 1. The number of urea groups is 1. The summed E-state index contributed by atoms with van der Waals surface area (Å²) in [7, 11) is 0. The molecular formula is C10H9ClN2O4. The smallest absolute Gasteiger partial charge is 0.332 e. The Morgan fingerprint density at radius 1 is 1.59 bits per heavy atom. The maximum atomic E-state index is 11.8. The van der Waals surface area contributed by atoms with Crippen LogP contribution in [0.2, 0.25) is 0 Å². The Morgan fingerprint density at radius 3 is 2.82 bits per heavy atom. The van der Waals surface area contributed by atoms with Gasteiger partial charge in [-0.05, 0) is 19.1 Å². The van der Waals surface area contributed by atoms with Crippen molar-refractivity contribution in [2.75, 3.05) is 5.88 Å². The zero-order valence-corrected chi connectivity index (χ0v) is 9.65. The topological polar surface area (TPSA) is 79.6 Å². The zero-order valence-electron chi connectivity index (χ0n) is 8.90. The van der Waals surface area contributed by atoms with Crippen molar-refractivity contribution in [1.29, 1.82) is 0 Å². The molecule has 7 heteroatoms. The number of furan rings is 1. The lowest BCUT2D eigenvalue weighted by atomic mass is 9.97. The van der Waals surface area contributed by atoms with Crippen molar-refractivity contribution in [2.45, 2.75) is 12.5 Å². The summed E-state index contributed by atoms with van der Waals surface area (Å²) in [5, 5.41) is 2.07. The Hall–Kier alpha value is -1.82. The summed E-state index contributed by atoms with van der Waals surface area (Å²) in [5.74, 6) is -1.46. The molecule has 6 nitrogen and oxygen atoms in total. The summed E-state index contributed by atoms with van der Waals surface area (Å²) in [6, 6.07) is 2.30. The second-order valence-corrected chi connectivity index (χ2v) is 3.94. The van der Waals surface area contributed by atoms with E-state index in [0.29, 0.717) is 0 Å². The van der Waals surface area contributed by atoms with Gasteiger partial charge in [0.15, 0.2) is 5.54 Å². The molecule has 1 saturated heterocycles. The van der Waals surface area contributed by atoms with Crippen molar-refractivity contribution in [3.8, 4) is 0 Å². The molecule has 0 bridgehead atoms. The predicted octanol–water partition coefficient (Wildman–Crippen LogP) is 0.812. The van der Waals surface area contributed by atoms with Crippen LogP contribution >= 0.6 is 11.6 Å². The largest absolute Gasteiger partial charge is 0.466 e. The van der Waals surface area contributed by atoms with E-state index in [-0.39, 0.29) is 5.76 Å². The second-order valence-electron chi connectivity index (χ2n) is 3.67. The van der Waals surface area contributed by atoms with E-state index in [9.17, 15) is 14.4 Å². The highest BCUT2D eigenvalue weighted by atomic mass is 35.5. The molecule has 17 heavy (non-hydrogen) atoms. The average Bonchev–Trinajstić information content (AvgIpc) is 2.87. The molecule has 0 spiro atoms. The summed E-state index contributed by atoms with van der Waals surface area (Å²) in [4.78, 5) is 35.8. The number of rotatable bonds is 2. The molecule has 1 atom stereocenters. The Kier molecular flexibility index (Phi) is 2.66. The number of hydrogen-bond donors (Lipinski definition) is 1. The van der Waals surface area contributed by atoms with Gasteiger partial charge in [0.2, 0.25) is 5.91 Å². The lowest BCUT2D eigenvalue weighted by Gasteiger charge is -2.27. The molecule has 1 aromatic heterocycles. The summed E-state index contributed by atoms with van der Waals surface area (Å²) >= 11 is 5.42. The van der Waals surface area contributed by atoms with Crippen molar-refractivity contribution >= 4 is 29.4 Å². The molecule has 1 unspecified atom stereocenters. The Labute approximate surface area is 102 Å². The van der Waals surface area contributed by atoms with Crippen LogP contribution < -0.4 is 5.32 Å². The van der Waals surface area contributed by atoms with E-state index in [4.69, 9.17) is 16.0 Å². The summed E-state index contributed by atoms with van der Waals surface area (Å²) < 4.78 is 5.11. The Morgan fingerprint density at radius 2 is 2.29 bits per heavy atom. The van der Waals surface area contributed by atoms with Gasteiger partial charge >= 0.3 is 6.03 Å². The third-order valence-electron chi connectivity index (χ3n) is 2.68. The number of nitrogens with zero attached hydrogens (tertiary/aromatic N) is 1. The molecule has 2 heterocycles. The van der Waals surface area contributed by atoms with Gasteiger partial charge < -0.3 is 4.42 Å². The fourth-order valence-electron chi connectivity index (χ4n) is 1.78. The van der Waals surface area contributed by atoms with Crippen LogP contribution in [0.3, 0.4) is 0 Å². The van der Waals surface area contributed by atoms with Gasteiger partial charge in [-0.25, -0.2) is 9.69 Å². The zero-order chi connectivity index (χ0) is 12.6. The van der Waals surface area contributed by atoms with Crippen molar-refractivity contribution in [3.05, 3.63) is 24.2 Å². The molecular weight excluding hydrogens is 248 g/mol. The normalized spacial score (nSPS) is 24.0. The van der Waals surface area contributed by atoms with Gasteiger partial charge in [-0.1, -0.05) is 0 Å². The highest BCUT2D eigenvalue weighted by Crippen LogP contribution is 2.33. The fourth-order valence-corrected chi connectivity index (χ4v) is 1.90. The first-order valence-electron chi connectivity index (χ1n) is 4.80. The molecule has 1 aliphatic heterocycles. The summed E-state index contributed by atoms with van der Waals surface area (Å²) in [6.45, 7) is 1.43. The number of amides is 4. The number of halogens is 1. The van der Waals surface area contributed by atoms with Crippen LogP contribution in [0.5, 0.6) is 0 Å². The molecule has 90 valence electrons. The predicted molar refractivity (Wildman–Crippen MR) is 57.2 cm³/mol. The van der Waals surface area contributed by atoms with Gasteiger partial charge in [0, 0.05) is 0 Å². The second kappa shape index (κ2) is 3.89. The van der Waals surface area contributed by atoms with Crippen LogP contribution in [0.1, 0.15) is 12.7 Å². The number of imide groups is 2. The Balaban J connectivity index is 2.52. The first-order chi connectivity index (χ1) is 8.01. The van der Waals surface area contributed by atoms with E-state index in [2.05, 4.69) is 5.32 Å². The average molecular weight is 257 g/mol. The quantitative estimate of drug-likeness (QED) is 0.627. The standard InChI is InChI=1S/C10H9ClN2O4/c1-10(6-3-2-4-17-6)8(15)12-9(16)13(10)7(14)5-11/h2-4H,5H2,1H3,(H,12,15,16). The summed E-state index contributed by atoms with van der Waals surface area (Å²) in [6.07, 6.45) is 1.36. The molecule has 2 rings (SSSR count). The molecule has 1 N–H and O–H groups in total. The lowest BCUT2D eigenvalue weighted by Crippen LogP contribution is -2.48. The van der Waals surface area contributed by atoms with Crippen LogP contribution in [0.15, 0.2) is 22.8 Å². The third kappa shape index (κ3) is 1.52. The molecule has 0 saturated carbocycles. The van der Waals surface area contributed by atoms with E-state index >= 15 is 0 Å². The molecule has 4 amide bonds. The van der Waals surface area contributed by atoms with Crippen molar-refractivity contribution < 1.29 is 18.8 Å². The van der Waals surface area contributed by atoms with Gasteiger partial charge in [0.1, 0.15) is 11.6 Å². The maximum absolute atomic E-state index is 11.8. The monoisotopic (exact) mass is 256 g/mol. The summed E-state index contributed by atoms with van der Waals surface area (Å²) in [5.41, 5.74) is -1.48. The van der Waals surface area contributed by atoms with E-state index in [0.717, 1.165) is 4.90 Å². The van der Waals surface area contributed by atoms with Crippen LogP contribution in [-0.4, -0.2) is 28.6 Å². The molecule has 0 aromatic carbocycles. The first kappa shape index (κ1) is 11.7. The molecule has 0 radical (unpaired) electrons. The Bertz CT molecular complexity index is 485. The van der Waals surface area contributed by atoms with Crippen LogP contribution in [0.25, 0.3) is 0 Å². The lowest BCUT2D eigenvalue weighted by molar-refractivity contribution is -0.137. The fraction of sp³-hybridized carbons (Fsp3) is 0.300. The molecule has 0 aliphatic carbocycles. The third-order valence-corrected chi connectivity index (χ3v) is 2.91. The SMILES string of the molecule is CC1(c2ccco2)C(=O)NC(=O)N1C(=O)CCl. The van der Waals surface area contributed by atoms with Crippen molar-refractivity contribution in [2.24, 2.45) is 0 Å². The van der Waals surface area contributed by atoms with Crippen LogP contribution in [0.4, 0.5) is 4.79 Å². The van der Waals surface area contributed by atoms with Crippen molar-refractivity contribution in [3.63, 3.8) is 0 Å². The van der Waals surface area contributed by atoms with Crippen molar-refractivity contribution in [1.82, 2.24) is 10.2 Å². The number of carbonyl (C=O) groups excluding carboxylic acids is 3. The van der Waals surface area contributed by atoms with E-state index < -0.39 is 29.3 Å². The number of carbonyl (C=O) groups is 3. The number of alkyl halides is 1. The van der Waals surface area contributed by atoms with Gasteiger partial charge in [-0.2, -0.15) is 0 Å². The van der Waals surface area contributed by atoms with E-state index in [1.807, 2.05) is 0 Å². The maximum Gasteiger partial charge on any atom is 0.332 e. The minimum absolute atomic E-state index is 0.208. The first-order valence-corrected chi connectivity index (χ1v) is 5.33. The number of hydrogen-bond acceptors (Lipinski definition) is 4. The minimum atomic E-state index is -1.48. The minimum Gasteiger partial charge on any atom is -0.466 e. The van der Waals surface area contributed by atoms with Crippen LogP contribution in [0, 0.1) is 0 Å². The van der Waals surface area contributed by atoms with Gasteiger partial charge in [0.05, 0.1) is 6.26 Å². The molecule has 1 aliphatic rings. The van der Waals surface area contributed by atoms with Gasteiger partial charge in [-0.3, -0.25) is 14.9 Å². The molecule has 1 fully saturated rings. The molecule has 1 aromatic rings. The van der Waals surface area contributed by atoms with E-state index in [1.54, 1.807) is 6.07 Å². The van der Waals surface area contributed by atoms with Crippen LogP contribution in [-0.2, 0) is 15.1 Å². The van der Waals surface area contributed by atoms with Gasteiger partial charge in [-0.15, -0.1) is 11.6 Å². The highest BCUT2D eigenvalue weighted by Gasteiger charge is 2.55.